The summed E-state index contributed by atoms with van der Waals surface area (Å²) in [5.74, 6) is -0.802. The smallest absolute Gasteiger partial charge is 0.282 e. The van der Waals surface area contributed by atoms with E-state index < -0.39 is 5.97 Å². The second-order valence-electron chi connectivity index (χ2n) is 5.56. The molecule has 0 bridgehead atoms. The molecule has 0 aliphatic carbocycles. The van der Waals surface area contributed by atoms with Crippen molar-refractivity contribution in [3.63, 3.8) is 0 Å². The molecule has 3 nitrogen and oxygen atoms in total. The van der Waals surface area contributed by atoms with Crippen molar-refractivity contribution in [3.05, 3.63) is 0 Å². The fourth-order valence-electron chi connectivity index (χ4n) is 2.65. The van der Waals surface area contributed by atoms with E-state index in [4.69, 9.17) is 14.2 Å². The van der Waals surface area contributed by atoms with Crippen LogP contribution in [0.1, 0.15) is 78.6 Å². The number of hydrogen-bond donors (Lipinski definition) is 0. The van der Waals surface area contributed by atoms with Gasteiger partial charge in [0.2, 0.25) is 0 Å². The summed E-state index contributed by atoms with van der Waals surface area (Å²) in [5, 5.41) is 0. The van der Waals surface area contributed by atoms with Crippen molar-refractivity contribution < 1.29 is 14.2 Å². The Bertz CT molecular complexity index is 195. The van der Waals surface area contributed by atoms with E-state index in [1.165, 1.54) is 61.2 Å². The summed E-state index contributed by atoms with van der Waals surface area (Å²) in [6, 6.07) is 1.47. The van der Waals surface area contributed by atoms with E-state index in [1.807, 2.05) is 20.8 Å². The molecule has 21 heavy (non-hydrogen) atoms. The van der Waals surface area contributed by atoms with Crippen molar-refractivity contribution in [1.82, 2.24) is 0 Å². The normalized spacial score (nSPS) is 12.1. The lowest BCUT2D eigenvalue weighted by Gasteiger charge is -2.32. The zero-order valence-corrected chi connectivity index (χ0v) is 16.9. The lowest BCUT2D eigenvalue weighted by atomic mass is 10.1. The molecule has 128 valence electrons. The zero-order chi connectivity index (χ0) is 15.8. The summed E-state index contributed by atoms with van der Waals surface area (Å²) in [6.45, 7) is 7.85. The van der Waals surface area contributed by atoms with Gasteiger partial charge in [-0.15, -0.1) is 0 Å². The van der Waals surface area contributed by atoms with Crippen LogP contribution in [0.25, 0.3) is 0 Å². The van der Waals surface area contributed by atoms with Gasteiger partial charge in [0, 0.05) is 36.5 Å². The highest BCUT2D eigenvalue weighted by Crippen LogP contribution is 2.24. The molecule has 4 heteroatoms. The summed E-state index contributed by atoms with van der Waals surface area (Å²) in [6.07, 6.45) is 11.6. The molecule has 0 aromatic rings. The maximum Gasteiger partial charge on any atom is 0.282 e. The van der Waals surface area contributed by atoms with Gasteiger partial charge >= 0.3 is 0 Å². The van der Waals surface area contributed by atoms with Crippen LogP contribution >= 0.6 is 0 Å². The molecule has 0 saturated heterocycles. The molecule has 0 fully saturated rings. The van der Waals surface area contributed by atoms with Crippen LogP contribution in [0.3, 0.4) is 0 Å². The minimum atomic E-state index is -0.802. The quantitative estimate of drug-likeness (QED) is 0.244. The third-order valence-electron chi connectivity index (χ3n) is 3.68. The fourth-order valence-corrected chi connectivity index (χ4v) is 3.15. The molecule has 0 N–H and O–H groups in total. The highest BCUT2D eigenvalue weighted by atomic mass is 28.1. The topological polar surface area (TPSA) is 27.7 Å². The average molecular weight is 319 g/mol. The molecule has 0 atom stereocenters. The number of rotatable bonds is 16. The summed E-state index contributed by atoms with van der Waals surface area (Å²) in [4.78, 5) is 0. The van der Waals surface area contributed by atoms with E-state index >= 15 is 0 Å². The monoisotopic (exact) mass is 318 g/mol. The first kappa shape index (κ1) is 21.1. The van der Waals surface area contributed by atoms with Crippen LogP contribution < -0.4 is 0 Å². The maximum atomic E-state index is 5.74. The minimum absolute atomic E-state index is 0.625. The van der Waals surface area contributed by atoms with Gasteiger partial charge in [-0.25, -0.2) is 0 Å². The van der Waals surface area contributed by atoms with Gasteiger partial charge in [-0.05, 0) is 27.2 Å². The lowest BCUT2D eigenvalue weighted by Crippen LogP contribution is -2.39. The van der Waals surface area contributed by atoms with E-state index in [-0.39, 0.29) is 0 Å². The second-order valence-corrected chi connectivity index (χ2v) is 6.56. The first-order chi connectivity index (χ1) is 10.2. The molecule has 0 aliphatic rings. The minimum Gasteiger partial charge on any atom is -0.328 e. The zero-order valence-electron chi connectivity index (χ0n) is 14.9. The van der Waals surface area contributed by atoms with Gasteiger partial charge in [0.05, 0.1) is 0 Å². The van der Waals surface area contributed by atoms with Crippen LogP contribution in [-0.2, 0) is 14.2 Å². The van der Waals surface area contributed by atoms with Crippen LogP contribution in [0, 0.1) is 0 Å². The lowest BCUT2D eigenvalue weighted by molar-refractivity contribution is -0.380. The average Bonchev–Trinajstić information content (AvgIpc) is 2.46. The van der Waals surface area contributed by atoms with Gasteiger partial charge in [-0.3, -0.25) is 0 Å². The van der Waals surface area contributed by atoms with E-state index in [0.717, 1.165) is 12.8 Å². The Hall–Kier alpha value is 0.0969. The highest BCUT2D eigenvalue weighted by Gasteiger charge is 2.31. The van der Waals surface area contributed by atoms with Gasteiger partial charge < -0.3 is 14.2 Å². The predicted octanol–water partition coefficient (Wildman–Crippen LogP) is 4.04. The molecular weight excluding hydrogens is 280 g/mol. The summed E-state index contributed by atoms with van der Waals surface area (Å²) < 4.78 is 17.2. The number of hydrogen-bond acceptors (Lipinski definition) is 3. The molecule has 0 heterocycles. The molecule has 0 rings (SSSR count). The standard InChI is InChI=1S/C17H38O3Si/c1-4-18-17(19-5-2,20-6-3)15-13-11-9-7-8-10-12-14-16-21/h4-16H2,1-3,21H3. The van der Waals surface area contributed by atoms with Gasteiger partial charge in [-0.1, -0.05) is 51.0 Å². The SMILES string of the molecule is CCOC(CCCCCCCCCC[SiH3])(OCC)OCC. The van der Waals surface area contributed by atoms with E-state index in [2.05, 4.69) is 0 Å². The number of unbranched alkanes of at least 4 members (excludes halogenated alkanes) is 7. The van der Waals surface area contributed by atoms with E-state index in [0.29, 0.717) is 19.8 Å². The molecule has 0 aliphatic heterocycles. The molecule has 0 radical (unpaired) electrons. The summed E-state index contributed by atoms with van der Waals surface area (Å²) in [7, 11) is 1.37. The molecule has 0 amide bonds. The molecule has 0 spiro atoms. The van der Waals surface area contributed by atoms with Crippen LogP contribution in [0.5, 0.6) is 0 Å². The van der Waals surface area contributed by atoms with E-state index in [9.17, 15) is 0 Å². The molecule has 0 saturated carbocycles. The molecule has 0 aromatic carbocycles. The Morgan fingerprint density at radius 2 is 1.00 bits per heavy atom. The van der Waals surface area contributed by atoms with Crippen molar-refractivity contribution in [2.45, 2.75) is 90.6 Å². The van der Waals surface area contributed by atoms with Crippen molar-refractivity contribution in [2.75, 3.05) is 19.8 Å². The van der Waals surface area contributed by atoms with Crippen LogP contribution in [0.4, 0.5) is 0 Å². The van der Waals surface area contributed by atoms with Crippen molar-refractivity contribution in [1.29, 1.82) is 0 Å². The Balaban J connectivity index is 3.76. The third kappa shape index (κ3) is 11.3. The Labute approximate surface area is 135 Å². The van der Waals surface area contributed by atoms with Gasteiger partial charge in [-0.2, -0.15) is 0 Å². The van der Waals surface area contributed by atoms with Crippen molar-refractivity contribution in [2.24, 2.45) is 0 Å². The Morgan fingerprint density at radius 3 is 1.38 bits per heavy atom. The Kier molecular flexibility index (Phi) is 15.1. The fraction of sp³-hybridized carbons (Fsp3) is 1.00. The van der Waals surface area contributed by atoms with Gasteiger partial charge in [0.1, 0.15) is 0 Å². The van der Waals surface area contributed by atoms with Crippen LogP contribution in [-0.4, -0.2) is 36.0 Å². The maximum absolute atomic E-state index is 5.74. The highest BCUT2D eigenvalue weighted by molar-refractivity contribution is 6.08. The molecule has 0 aromatic heterocycles. The molecule has 0 unspecified atom stereocenters. The number of ether oxygens (including phenoxy) is 3. The van der Waals surface area contributed by atoms with Crippen molar-refractivity contribution in [3.8, 4) is 0 Å². The first-order valence-electron chi connectivity index (χ1n) is 9.16. The van der Waals surface area contributed by atoms with Gasteiger partial charge in [0.15, 0.2) is 0 Å². The predicted molar refractivity (Wildman–Crippen MR) is 93.9 cm³/mol. The second kappa shape index (κ2) is 15.0. The van der Waals surface area contributed by atoms with Crippen molar-refractivity contribution >= 4 is 10.2 Å². The molecular formula is C17H38O3Si. The third-order valence-corrected chi connectivity index (χ3v) is 4.39. The summed E-state index contributed by atoms with van der Waals surface area (Å²) in [5.41, 5.74) is 0. The Morgan fingerprint density at radius 1 is 0.619 bits per heavy atom. The summed E-state index contributed by atoms with van der Waals surface area (Å²) >= 11 is 0. The largest absolute Gasteiger partial charge is 0.328 e. The van der Waals surface area contributed by atoms with Gasteiger partial charge in [0.25, 0.3) is 5.97 Å². The van der Waals surface area contributed by atoms with E-state index in [1.54, 1.807) is 0 Å². The van der Waals surface area contributed by atoms with Crippen LogP contribution in [0.15, 0.2) is 0 Å². The first-order valence-corrected chi connectivity index (χ1v) is 10.6. The van der Waals surface area contributed by atoms with Crippen LogP contribution in [0.2, 0.25) is 6.04 Å².